The van der Waals surface area contributed by atoms with Crippen molar-refractivity contribution in [1.82, 2.24) is 19.0 Å². The molecular formula is C38H50N6O4. The minimum atomic E-state index is -0.491. The number of hydrogen-bond acceptors (Lipinski definition) is 6. The van der Waals surface area contributed by atoms with Gasteiger partial charge >= 0.3 is 5.69 Å². The molecule has 10 nitrogen and oxygen atoms in total. The Morgan fingerprint density at radius 2 is 1.69 bits per heavy atom. The van der Waals surface area contributed by atoms with E-state index in [2.05, 4.69) is 34.7 Å². The van der Waals surface area contributed by atoms with Crippen molar-refractivity contribution in [2.75, 3.05) is 44.3 Å². The highest BCUT2D eigenvalue weighted by atomic mass is 16.5. The SMILES string of the molecule is CCN1CCC(n2c(=O)n(C)c3ccc(-c4cc(C(N)=O)c(C)c(N(CC)C5CCOCC5)c4Cc4c(C)cc(C)[nH]c4=O)cc32)CC1. The third kappa shape index (κ3) is 6.12. The number of rotatable bonds is 9. The number of amides is 1. The Balaban J connectivity index is 1.62. The number of fused-ring (bicyclic) bond motifs is 1. The molecule has 10 heteroatoms. The van der Waals surface area contributed by atoms with Gasteiger partial charge in [0.1, 0.15) is 0 Å². The topological polar surface area (TPSA) is 119 Å². The van der Waals surface area contributed by atoms with Crippen molar-refractivity contribution in [2.24, 2.45) is 12.8 Å². The smallest absolute Gasteiger partial charge is 0.329 e. The molecule has 1 amide bonds. The lowest BCUT2D eigenvalue weighted by Crippen LogP contribution is -2.41. The molecule has 2 aliphatic heterocycles. The van der Waals surface area contributed by atoms with Crippen molar-refractivity contribution < 1.29 is 9.53 Å². The first-order valence-corrected chi connectivity index (χ1v) is 17.5. The zero-order valence-electron chi connectivity index (χ0n) is 29.3. The molecule has 2 saturated heterocycles. The fourth-order valence-electron chi connectivity index (χ4n) is 8.16. The molecule has 2 fully saturated rings. The molecule has 2 aliphatic rings. The number of nitrogens with zero attached hydrogens (tertiary/aromatic N) is 4. The van der Waals surface area contributed by atoms with Crippen LogP contribution in [0.5, 0.6) is 0 Å². The third-order valence-electron chi connectivity index (χ3n) is 10.8. The Kier molecular flexibility index (Phi) is 9.67. The maximum atomic E-state index is 13.7. The quantitative estimate of drug-likeness (QED) is 0.263. The number of carbonyl (C=O) groups is 1. The monoisotopic (exact) mass is 654 g/mol. The average Bonchev–Trinajstić information content (AvgIpc) is 3.32. The molecule has 256 valence electrons. The maximum absolute atomic E-state index is 13.7. The van der Waals surface area contributed by atoms with Crippen LogP contribution in [-0.4, -0.2) is 70.4 Å². The molecule has 0 bridgehead atoms. The van der Waals surface area contributed by atoms with Crippen LogP contribution in [0.2, 0.25) is 0 Å². The first-order chi connectivity index (χ1) is 23.0. The van der Waals surface area contributed by atoms with Crippen LogP contribution < -0.4 is 21.9 Å². The lowest BCUT2D eigenvalue weighted by molar-refractivity contribution is 0.0845. The van der Waals surface area contributed by atoms with Gasteiger partial charge < -0.3 is 25.3 Å². The standard InChI is InChI=1S/C38H50N6O4/c1-7-42-15-11-28(12-16-42)44-34-20-26(9-10-33(34)41(6)38(44)47)31-22-30(36(39)45)25(5)35(43(8-2)27-13-17-48-18-14-27)32(31)21-29-23(3)19-24(4)40-37(29)46/h9-10,19-20,22,27-28H,7-8,11-18,21H2,1-6H3,(H2,39,45)(H,40,46). The molecule has 6 rings (SSSR count). The zero-order chi connectivity index (χ0) is 34.3. The van der Waals surface area contributed by atoms with Crippen molar-refractivity contribution in [2.45, 2.75) is 78.8 Å². The van der Waals surface area contributed by atoms with Crippen LogP contribution in [0.15, 0.2) is 39.9 Å². The van der Waals surface area contributed by atoms with Gasteiger partial charge in [0.25, 0.3) is 5.56 Å². The average molecular weight is 655 g/mol. The van der Waals surface area contributed by atoms with Gasteiger partial charge in [0, 0.05) is 80.9 Å². The molecule has 48 heavy (non-hydrogen) atoms. The van der Waals surface area contributed by atoms with Crippen molar-refractivity contribution in [3.05, 3.63) is 84.7 Å². The molecule has 0 radical (unpaired) electrons. The van der Waals surface area contributed by atoms with Gasteiger partial charge in [0.05, 0.1) is 11.0 Å². The second kappa shape index (κ2) is 13.8. The summed E-state index contributed by atoms with van der Waals surface area (Å²) in [5, 5.41) is 0. The second-order valence-corrected chi connectivity index (χ2v) is 13.6. The summed E-state index contributed by atoms with van der Waals surface area (Å²) in [5.74, 6) is -0.491. The first-order valence-electron chi connectivity index (χ1n) is 17.5. The summed E-state index contributed by atoms with van der Waals surface area (Å²) in [5.41, 5.74) is 15.1. The van der Waals surface area contributed by atoms with Gasteiger partial charge in [-0.2, -0.15) is 0 Å². The van der Waals surface area contributed by atoms with Gasteiger partial charge in [0.15, 0.2) is 0 Å². The van der Waals surface area contributed by atoms with Crippen LogP contribution >= 0.6 is 0 Å². The number of primary amides is 1. The summed E-state index contributed by atoms with van der Waals surface area (Å²) < 4.78 is 9.45. The Morgan fingerprint density at radius 3 is 2.31 bits per heavy atom. The number of imidazole rings is 1. The van der Waals surface area contributed by atoms with Crippen LogP contribution in [0, 0.1) is 20.8 Å². The van der Waals surface area contributed by atoms with E-state index in [0.717, 1.165) is 102 Å². The number of aryl methyl sites for hydroxylation is 3. The number of hydrogen-bond donors (Lipinski definition) is 2. The molecule has 2 aromatic heterocycles. The Hall–Kier alpha value is -4.15. The van der Waals surface area contributed by atoms with Crippen LogP contribution in [0.25, 0.3) is 22.2 Å². The molecule has 0 atom stereocenters. The van der Waals surface area contributed by atoms with Crippen molar-refractivity contribution in [3.63, 3.8) is 0 Å². The first kappa shape index (κ1) is 33.7. The summed E-state index contributed by atoms with van der Waals surface area (Å²) in [4.78, 5) is 48.2. The highest BCUT2D eigenvalue weighted by Gasteiger charge is 2.30. The number of H-pyrrole nitrogens is 1. The van der Waals surface area contributed by atoms with E-state index in [9.17, 15) is 14.4 Å². The van der Waals surface area contributed by atoms with E-state index in [1.807, 2.05) is 56.7 Å². The number of nitrogens with one attached hydrogen (secondary N) is 1. The summed E-state index contributed by atoms with van der Waals surface area (Å²) in [7, 11) is 1.84. The Labute approximate surface area is 282 Å². The van der Waals surface area contributed by atoms with Crippen LogP contribution in [0.3, 0.4) is 0 Å². The van der Waals surface area contributed by atoms with Crippen LogP contribution in [-0.2, 0) is 18.2 Å². The van der Waals surface area contributed by atoms with Crippen LogP contribution in [0.1, 0.15) is 83.9 Å². The highest BCUT2D eigenvalue weighted by Crippen LogP contribution is 2.41. The molecule has 0 saturated carbocycles. The summed E-state index contributed by atoms with van der Waals surface area (Å²) in [6, 6.07) is 10.4. The van der Waals surface area contributed by atoms with Crippen LogP contribution in [0.4, 0.5) is 5.69 Å². The van der Waals surface area contributed by atoms with Gasteiger partial charge in [-0.3, -0.25) is 18.7 Å². The number of nitrogens with two attached hydrogens (primary N) is 1. The number of ether oxygens (including phenoxy) is 1. The second-order valence-electron chi connectivity index (χ2n) is 13.6. The van der Waals surface area contributed by atoms with Gasteiger partial charge in [-0.25, -0.2) is 4.79 Å². The van der Waals surface area contributed by atoms with E-state index >= 15 is 0 Å². The third-order valence-corrected chi connectivity index (χ3v) is 10.8. The number of carbonyl (C=O) groups excluding carboxylic acids is 1. The lowest BCUT2D eigenvalue weighted by Gasteiger charge is -2.38. The van der Waals surface area contributed by atoms with E-state index in [4.69, 9.17) is 10.5 Å². The van der Waals surface area contributed by atoms with E-state index in [-0.39, 0.29) is 23.3 Å². The highest BCUT2D eigenvalue weighted by molar-refractivity contribution is 5.99. The number of piperidine rings is 1. The molecule has 3 N–H and O–H groups in total. The van der Waals surface area contributed by atoms with Gasteiger partial charge in [-0.15, -0.1) is 0 Å². The predicted molar refractivity (Wildman–Crippen MR) is 192 cm³/mol. The molecule has 0 spiro atoms. The van der Waals surface area contributed by atoms with E-state index in [1.54, 1.807) is 4.57 Å². The van der Waals surface area contributed by atoms with Crippen molar-refractivity contribution in [1.29, 1.82) is 0 Å². The van der Waals surface area contributed by atoms with E-state index < -0.39 is 5.91 Å². The van der Waals surface area contributed by atoms with E-state index in [1.165, 1.54) is 0 Å². The number of aromatic amines is 1. The maximum Gasteiger partial charge on any atom is 0.329 e. The summed E-state index contributed by atoms with van der Waals surface area (Å²) in [6.45, 7) is 15.2. The summed E-state index contributed by atoms with van der Waals surface area (Å²) in [6.07, 6.45) is 3.93. The Bertz CT molecular complexity index is 1960. The van der Waals surface area contributed by atoms with Gasteiger partial charge in [0.2, 0.25) is 5.91 Å². The zero-order valence-corrected chi connectivity index (χ0v) is 29.3. The fourth-order valence-corrected chi connectivity index (χ4v) is 8.16. The fraction of sp³-hybridized carbons (Fsp3) is 0.500. The normalized spacial score (nSPS) is 16.5. The van der Waals surface area contributed by atoms with Crippen molar-refractivity contribution in [3.8, 4) is 11.1 Å². The van der Waals surface area contributed by atoms with E-state index in [0.29, 0.717) is 30.8 Å². The number of likely N-dealkylation sites (tertiary alicyclic amines) is 1. The lowest BCUT2D eigenvalue weighted by atomic mass is 9.86. The summed E-state index contributed by atoms with van der Waals surface area (Å²) >= 11 is 0. The molecular weight excluding hydrogens is 604 g/mol. The molecule has 4 aromatic rings. The number of aromatic nitrogens is 3. The Morgan fingerprint density at radius 1 is 0.979 bits per heavy atom. The molecule has 4 heterocycles. The number of pyridine rings is 1. The molecule has 0 unspecified atom stereocenters. The van der Waals surface area contributed by atoms with Crippen molar-refractivity contribution >= 4 is 22.6 Å². The predicted octanol–water partition coefficient (Wildman–Crippen LogP) is 4.97. The van der Waals surface area contributed by atoms with Gasteiger partial charge in [-0.05, 0) is 112 Å². The molecule has 0 aliphatic carbocycles. The van der Waals surface area contributed by atoms with Gasteiger partial charge in [-0.1, -0.05) is 13.0 Å². The number of benzene rings is 2. The molecule has 2 aromatic carbocycles. The number of anilines is 1. The minimum Gasteiger partial charge on any atom is -0.381 e. The largest absolute Gasteiger partial charge is 0.381 e. The minimum absolute atomic E-state index is 0.0155.